The number of hydrogen-bond acceptors (Lipinski definition) is 4. The Labute approximate surface area is 205 Å². The van der Waals surface area contributed by atoms with Crippen molar-refractivity contribution < 1.29 is 9.47 Å². The van der Waals surface area contributed by atoms with Crippen LogP contribution in [0, 0.1) is 12.8 Å². The summed E-state index contributed by atoms with van der Waals surface area (Å²) in [6.45, 7) is 14.0. The van der Waals surface area contributed by atoms with Gasteiger partial charge in [0.25, 0.3) is 0 Å². The molecule has 2 aliphatic heterocycles. The second kappa shape index (κ2) is 13.0. The number of guanidine groups is 1. The number of nitrogens with one attached hydrogen (secondary N) is 2. The number of aryl methyl sites for hydroxylation is 1. The van der Waals surface area contributed by atoms with Crippen LogP contribution in [0.3, 0.4) is 0 Å². The van der Waals surface area contributed by atoms with Crippen LogP contribution in [0.2, 0.25) is 0 Å². The van der Waals surface area contributed by atoms with E-state index in [1.54, 1.807) is 0 Å². The van der Waals surface area contributed by atoms with Crippen molar-refractivity contribution in [3.8, 4) is 0 Å². The van der Waals surface area contributed by atoms with E-state index in [4.69, 9.17) is 9.47 Å². The van der Waals surface area contributed by atoms with Crippen LogP contribution in [0.4, 0.5) is 0 Å². The molecule has 0 amide bonds. The average molecular weight is 545 g/mol. The van der Waals surface area contributed by atoms with Crippen LogP contribution in [0.25, 0.3) is 0 Å². The number of benzene rings is 1. The van der Waals surface area contributed by atoms with Gasteiger partial charge in [0.1, 0.15) is 0 Å². The Morgan fingerprint density at radius 1 is 1.19 bits per heavy atom. The summed E-state index contributed by atoms with van der Waals surface area (Å²) in [5.74, 6) is 1.53. The monoisotopic (exact) mass is 544 g/mol. The maximum Gasteiger partial charge on any atom is 0.191 e. The first-order valence-corrected chi connectivity index (χ1v) is 11.4. The minimum Gasteiger partial charge on any atom is -0.381 e. The van der Waals surface area contributed by atoms with Gasteiger partial charge < -0.3 is 20.1 Å². The molecule has 3 rings (SSSR count). The van der Waals surface area contributed by atoms with Crippen LogP contribution in [-0.4, -0.2) is 76.6 Å². The van der Waals surface area contributed by atoms with E-state index in [-0.39, 0.29) is 35.5 Å². The third kappa shape index (κ3) is 7.58. The summed E-state index contributed by atoms with van der Waals surface area (Å²) in [7, 11) is 1.84. The van der Waals surface area contributed by atoms with Crippen LogP contribution >= 0.6 is 24.0 Å². The minimum absolute atomic E-state index is 0. The number of rotatable bonds is 7. The normalized spacial score (nSPS) is 22.1. The van der Waals surface area contributed by atoms with Crippen molar-refractivity contribution >= 4 is 29.9 Å². The first-order valence-electron chi connectivity index (χ1n) is 11.4. The lowest BCUT2D eigenvalue weighted by Crippen LogP contribution is -2.52. The molecule has 2 saturated heterocycles. The van der Waals surface area contributed by atoms with Gasteiger partial charge in [-0.15, -0.1) is 24.0 Å². The van der Waals surface area contributed by atoms with E-state index < -0.39 is 0 Å². The molecule has 31 heavy (non-hydrogen) atoms. The molecule has 7 heteroatoms. The van der Waals surface area contributed by atoms with E-state index in [9.17, 15) is 0 Å². The van der Waals surface area contributed by atoms with Crippen molar-refractivity contribution in [2.24, 2.45) is 10.9 Å². The van der Waals surface area contributed by atoms with Crippen LogP contribution in [-0.2, 0) is 14.9 Å². The molecule has 0 saturated carbocycles. The van der Waals surface area contributed by atoms with E-state index >= 15 is 0 Å². The molecule has 2 heterocycles. The fourth-order valence-corrected chi connectivity index (χ4v) is 4.74. The zero-order chi connectivity index (χ0) is 21.4. The summed E-state index contributed by atoms with van der Waals surface area (Å²) in [6.07, 6.45) is 2.25. The summed E-state index contributed by atoms with van der Waals surface area (Å²) in [6, 6.07) is 8.75. The number of aliphatic imine (C=N–C) groups is 1. The maximum absolute atomic E-state index is 5.98. The molecular weight excluding hydrogens is 503 g/mol. The first-order chi connectivity index (χ1) is 14.5. The molecule has 1 unspecified atom stereocenters. The van der Waals surface area contributed by atoms with Gasteiger partial charge in [0.2, 0.25) is 0 Å². The average Bonchev–Trinajstić information content (AvgIpc) is 2.74. The molecular formula is C24H41IN4O2. The molecule has 1 aromatic rings. The van der Waals surface area contributed by atoms with Crippen LogP contribution in [0.15, 0.2) is 29.3 Å². The van der Waals surface area contributed by atoms with Gasteiger partial charge in [-0.1, -0.05) is 38.1 Å². The highest BCUT2D eigenvalue weighted by atomic mass is 127. The maximum atomic E-state index is 5.98. The zero-order valence-electron chi connectivity index (χ0n) is 19.7. The molecule has 2 aliphatic rings. The summed E-state index contributed by atoms with van der Waals surface area (Å²) in [4.78, 5) is 6.97. The molecule has 176 valence electrons. The molecule has 0 aromatic heterocycles. The highest BCUT2D eigenvalue weighted by Crippen LogP contribution is 2.36. The molecule has 1 atom stereocenters. The van der Waals surface area contributed by atoms with E-state index in [1.165, 1.54) is 11.1 Å². The Hall–Kier alpha value is -0.900. The highest BCUT2D eigenvalue weighted by molar-refractivity contribution is 14.0. The smallest absolute Gasteiger partial charge is 0.191 e. The molecule has 1 aromatic carbocycles. The fourth-order valence-electron chi connectivity index (χ4n) is 4.74. The Kier molecular flexibility index (Phi) is 11.0. The standard InChI is InChI=1S/C24H40N4O2.HI/c1-19(2)16-28-11-14-30-21(17-28)15-26-23(25-4)27-18-24(9-12-29-13-10-24)22-8-6-5-7-20(22)3;/h5-8,19,21H,9-18H2,1-4H3,(H2,25,26,27);1H. The number of halogens is 1. The molecule has 0 aliphatic carbocycles. The van der Waals surface area contributed by atoms with Gasteiger partial charge in [0.15, 0.2) is 5.96 Å². The third-order valence-corrected chi connectivity index (χ3v) is 6.33. The van der Waals surface area contributed by atoms with E-state index in [1.807, 2.05) is 7.05 Å². The lowest BCUT2D eigenvalue weighted by atomic mass is 9.72. The van der Waals surface area contributed by atoms with Crippen molar-refractivity contribution in [1.82, 2.24) is 15.5 Å². The van der Waals surface area contributed by atoms with Crippen molar-refractivity contribution in [3.05, 3.63) is 35.4 Å². The van der Waals surface area contributed by atoms with E-state index in [2.05, 4.69) is 65.6 Å². The lowest BCUT2D eigenvalue weighted by Gasteiger charge is -2.39. The Bertz CT molecular complexity index is 692. The molecule has 0 bridgehead atoms. The van der Waals surface area contributed by atoms with Crippen LogP contribution < -0.4 is 10.6 Å². The van der Waals surface area contributed by atoms with Gasteiger partial charge in [-0.2, -0.15) is 0 Å². The Balaban J connectivity index is 0.00000341. The SMILES string of the molecule is CN=C(NCC1CN(CC(C)C)CCO1)NCC1(c2ccccc2C)CCOCC1.I. The van der Waals surface area contributed by atoms with Crippen LogP contribution in [0.1, 0.15) is 37.8 Å². The molecule has 2 N–H and O–H groups in total. The predicted octanol–water partition coefficient (Wildman–Crippen LogP) is 3.18. The van der Waals surface area contributed by atoms with Gasteiger partial charge in [0.05, 0.1) is 12.7 Å². The fraction of sp³-hybridized carbons (Fsp3) is 0.708. The largest absolute Gasteiger partial charge is 0.381 e. The highest BCUT2D eigenvalue weighted by Gasteiger charge is 2.35. The van der Waals surface area contributed by atoms with Crippen molar-refractivity contribution in [1.29, 1.82) is 0 Å². The van der Waals surface area contributed by atoms with Gasteiger partial charge in [0, 0.05) is 58.4 Å². The van der Waals surface area contributed by atoms with Crippen molar-refractivity contribution in [2.45, 2.75) is 45.1 Å². The molecule has 2 fully saturated rings. The van der Waals surface area contributed by atoms with E-state index in [0.29, 0.717) is 5.92 Å². The van der Waals surface area contributed by atoms with Gasteiger partial charge >= 0.3 is 0 Å². The summed E-state index contributed by atoms with van der Waals surface area (Å²) in [5.41, 5.74) is 2.86. The Morgan fingerprint density at radius 2 is 1.94 bits per heavy atom. The molecule has 0 spiro atoms. The molecule has 0 radical (unpaired) electrons. The topological polar surface area (TPSA) is 58.1 Å². The quantitative estimate of drug-likeness (QED) is 0.314. The summed E-state index contributed by atoms with van der Waals surface area (Å²) >= 11 is 0. The second-order valence-corrected chi connectivity index (χ2v) is 9.16. The van der Waals surface area contributed by atoms with Gasteiger partial charge in [-0.25, -0.2) is 0 Å². The predicted molar refractivity (Wildman–Crippen MR) is 139 cm³/mol. The number of morpholine rings is 1. The zero-order valence-corrected chi connectivity index (χ0v) is 22.0. The van der Waals surface area contributed by atoms with Crippen molar-refractivity contribution in [3.63, 3.8) is 0 Å². The summed E-state index contributed by atoms with van der Waals surface area (Å²) < 4.78 is 11.7. The van der Waals surface area contributed by atoms with E-state index in [0.717, 1.165) is 71.3 Å². The first kappa shape index (κ1) is 26.4. The molecule has 6 nitrogen and oxygen atoms in total. The van der Waals surface area contributed by atoms with Crippen molar-refractivity contribution in [2.75, 3.05) is 59.6 Å². The Morgan fingerprint density at radius 3 is 2.61 bits per heavy atom. The third-order valence-electron chi connectivity index (χ3n) is 6.33. The summed E-state index contributed by atoms with van der Waals surface area (Å²) in [5, 5.41) is 7.09. The second-order valence-electron chi connectivity index (χ2n) is 9.16. The number of nitrogens with zero attached hydrogens (tertiary/aromatic N) is 2. The number of hydrogen-bond donors (Lipinski definition) is 2. The number of ether oxygens (including phenoxy) is 2. The van der Waals surface area contributed by atoms with Gasteiger partial charge in [-0.3, -0.25) is 9.89 Å². The van der Waals surface area contributed by atoms with Gasteiger partial charge in [-0.05, 0) is 36.8 Å². The van der Waals surface area contributed by atoms with Crippen LogP contribution in [0.5, 0.6) is 0 Å². The minimum atomic E-state index is 0. The lowest BCUT2D eigenvalue weighted by molar-refractivity contribution is -0.0284.